The molecular formula is C19H26N2O2S. The topological polar surface area (TPSA) is 62.2 Å². The van der Waals surface area contributed by atoms with Crippen molar-refractivity contribution in [1.29, 1.82) is 0 Å². The highest BCUT2D eigenvalue weighted by molar-refractivity contribution is 7.18. The molecule has 24 heavy (non-hydrogen) atoms. The number of nitrogens with one attached hydrogen (secondary N) is 1. The first-order valence-corrected chi connectivity index (χ1v) is 9.67. The van der Waals surface area contributed by atoms with E-state index < -0.39 is 6.10 Å². The van der Waals surface area contributed by atoms with Gasteiger partial charge in [0.05, 0.1) is 21.3 Å². The van der Waals surface area contributed by atoms with E-state index >= 15 is 0 Å². The Morgan fingerprint density at radius 2 is 2.08 bits per heavy atom. The third kappa shape index (κ3) is 4.33. The van der Waals surface area contributed by atoms with E-state index in [1.807, 2.05) is 12.1 Å². The van der Waals surface area contributed by atoms with Crippen LogP contribution in [0, 0.1) is 5.41 Å². The van der Waals surface area contributed by atoms with Crippen molar-refractivity contribution in [1.82, 2.24) is 10.3 Å². The largest absolute Gasteiger partial charge is 0.392 e. The molecule has 1 aromatic heterocycles. The molecule has 0 aliphatic heterocycles. The van der Waals surface area contributed by atoms with Crippen LogP contribution in [0.5, 0.6) is 0 Å². The molecule has 1 amide bonds. The van der Waals surface area contributed by atoms with E-state index in [0.29, 0.717) is 13.0 Å². The van der Waals surface area contributed by atoms with Crippen LogP contribution in [-0.2, 0) is 11.2 Å². The standard InChI is InChI=1S/C19H26N2O2S/c1-14(22)13-20-17(23)11-19(9-5-2-6-10-19)12-18-21-15-7-3-4-8-16(15)24-18/h3-4,7-8,14,22H,2,5-6,9-13H2,1H3,(H,20,23). The van der Waals surface area contributed by atoms with Gasteiger partial charge in [0.25, 0.3) is 0 Å². The number of fused-ring (bicyclic) bond motifs is 1. The van der Waals surface area contributed by atoms with Crippen LogP contribution in [0.25, 0.3) is 10.2 Å². The average molecular weight is 346 g/mol. The van der Waals surface area contributed by atoms with Crippen LogP contribution in [-0.4, -0.2) is 28.6 Å². The molecule has 1 aliphatic rings. The van der Waals surface area contributed by atoms with E-state index in [0.717, 1.165) is 29.8 Å². The van der Waals surface area contributed by atoms with Crippen molar-refractivity contribution in [2.75, 3.05) is 6.54 Å². The van der Waals surface area contributed by atoms with Gasteiger partial charge in [0.1, 0.15) is 0 Å². The van der Waals surface area contributed by atoms with E-state index in [4.69, 9.17) is 4.98 Å². The van der Waals surface area contributed by atoms with Crippen molar-refractivity contribution < 1.29 is 9.90 Å². The van der Waals surface area contributed by atoms with Gasteiger partial charge in [-0.3, -0.25) is 4.79 Å². The maximum atomic E-state index is 12.3. The zero-order valence-corrected chi connectivity index (χ0v) is 15.1. The monoisotopic (exact) mass is 346 g/mol. The smallest absolute Gasteiger partial charge is 0.220 e. The highest BCUT2D eigenvalue weighted by Crippen LogP contribution is 2.43. The molecule has 4 nitrogen and oxygen atoms in total. The minimum atomic E-state index is -0.500. The summed E-state index contributed by atoms with van der Waals surface area (Å²) in [6.07, 6.45) is 6.74. The van der Waals surface area contributed by atoms with Crippen LogP contribution in [0.3, 0.4) is 0 Å². The van der Waals surface area contributed by atoms with Crippen molar-refractivity contribution in [2.24, 2.45) is 5.41 Å². The summed E-state index contributed by atoms with van der Waals surface area (Å²) in [4.78, 5) is 17.1. The number of para-hydroxylation sites is 1. The quantitative estimate of drug-likeness (QED) is 0.839. The Labute approximate surface area is 147 Å². The van der Waals surface area contributed by atoms with Gasteiger partial charge in [-0.2, -0.15) is 0 Å². The molecule has 2 N–H and O–H groups in total. The molecule has 0 radical (unpaired) electrons. The summed E-state index contributed by atoms with van der Waals surface area (Å²) in [6, 6.07) is 8.23. The number of aliphatic hydroxyl groups is 1. The minimum absolute atomic E-state index is 0.0227. The van der Waals surface area contributed by atoms with Crippen molar-refractivity contribution >= 4 is 27.5 Å². The van der Waals surface area contributed by atoms with Crippen LogP contribution < -0.4 is 5.32 Å². The van der Waals surface area contributed by atoms with Crippen molar-refractivity contribution in [3.63, 3.8) is 0 Å². The van der Waals surface area contributed by atoms with Gasteiger partial charge >= 0.3 is 0 Å². The van der Waals surface area contributed by atoms with Crippen LogP contribution in [0.15, 0.2) is 24.3 Å². The normalized spacial score (nSPS) is 18.4. The lowest BCUT2D eigenvalue weighted by Crippen LogP contribution is -2.37. The molecule has 1 saturated carbocycles. The molecule has 1 fully saturated rings. The number of hydrogen-bond donors (Lipinski definition) is 2. The fraction of sp³-hybridized carbons (Fsp3) is 0.579. The van der Waals surface area contributed by atoms with E-state index in [-0.39, 0.29) is 11.3 Å². The van der Waals surface area contributed by atoms with Gasteiger partial charge < -0.3 is 10.4 Å². The first-order valence-electron chi connectivity index (χ1n) is 8.86. The van der Waals surface area contributed by atoms with Crippen molar-refractivity contribution in [3.05, 3.63) is 29.3 Å². The summed E-state index contributed by atoms with van der Waals surface area (Å²) in [6.45, 7) is 2.02. The number of rotatable bonds is 6. The predicted molar refractivity (Wildman–Crippen MR) is 98.1 cm³/mol. The van der Waals surface area contributed by atoms with Crippen LogP contribution >= 0.6 is 11.3 Å². The van der Waals surface area contributed by atoms with Crippen molar-refractivity contribution in [3.8, 4) is 0 Å². The molecule has 1 aliphatic carbocycles. The van der Waals surface area contributed by atoms with E-state index in [1.165, 1.54) is 24.0 Å². The van der Waals surface area contributed by atoms with Crippen LogP contribution in [0.1, 0.15) is 50.5 Å². The number of aliphatic hydroxyl groups excluding tert-OH is 1. The number of nitrogens with zero attached hydrogens (tertiary/aromatic N) is 1. The summed E-state index contributed by atoms with van der Waals surface area (Å²) in [5.41, 5.74) is 1.08. The lowest BCUT2D eigenvalue weighted by molar-refractivity contribution is -0.124. The molecule has 2 aromatic rings. The van der Waals surface area contributed by atoms with E-state index in [2.05, 4.69) is 17.4 Å². The lowest BCUT2D eigenvalue weighted by atomic mass is 9.69. The van der Waals surface area contributed by atoms with Gasteiger partial charge in [-0.25, -0.2) is 4.98 Å². The second-order valence-corrected chi connectivity index (χ2v) is 8.26. The molecule has 3 rings (SSSR count). The fourth-order valence-electron chi connectivity index (χ4n) is 3.70. The van der Waals surface area contributed by atoms with Gasteiger partial charge in [-0.1, -0.05) is 31.4 Å². The molecule has 0 saturated heterocycles. The summed E-state index contributed by atoms with van der Waals surface area (Å²) < 4.78 is 1.22. The number of carbonyl (C=O) groups is 1. The fourth-order valence-corrected chi connectivity index (χ4v) is 4.84. The summed E-state index contributed by atoms with van der Waals surface area (Å²) >= 11 is 1.75. The second-order valence-electron chi connectivity index (χ2n) is 7.14. The molecule has 1 unspecified atom stereocenters. The Morgan fingerprint density at radius 3 is 2.79 bits per heavy atom. The van der Waals surface area contributed by atoms with Gasteiger partial charge in [0.15, 0.2) is 0 Å². The van der Waals surface area contributed by atoms with Gasteiger partial charge in [0, 0.05) is 19.4 Å². The lowest BCUT2D eigenvalue weighted by Gasteiger charge is -2.36. The van der Waals surface area contributed by atoms with Crippen LogP contribution in [0.2, 0.25) is 0 Å². The number of aromatic nitrogens is 1. The number of carbonyl (C=O) groups excluding carboxylic acids is 1. The van der Waals surface area contributed by atoms with Gasteiger partial charge in [0.2, 0.25) is 5.91 Å². The first-order chi connectivity index (χ1) is 11.6. The zero-order valence-electron chi connectivity index (χ0n) is 14.3. The Morgan fingerprint density at radius 1 is 1.33 bits per heavy atom. The van der Waals surface area contributed by atoms with Gasteiger partial charge in [-0.05, 0) is 37.3 Å². The molecule has 1 aromatic carbocycles. The zero-order chi connectivity index (χ0) is 17.0. The van der Waals surface area contributed by atoms with Crippen LogP contribution in [0.4, 0.5) is 0 Å². The molecular weight excluding hydrogens is 320 g/mol. The summed E-state index contributed by atoms with van der Waals surface area (Å²) in [7, 11) is 0. The molecule has 130 valence electrons. The Hall–Kier alpha value is -1.46. The number of amides is 1. The summed E-state index contributed by atoms with van der Waals surface area (Å²) in [5, 5.41) is 13.4. The minimum Gasteiger partial charge on any atom is -0.392 e. The molecule has 0 spiro atoms. The summed E-state index contributed by atoms with van der Waals surface area (Å²) in [5.74, 6) is 0.0545. The Kier molecular flexibility index (Phi) is 5.51. The highest BCUT2D eigenvalue weighted by Gasteiger charge is 2.35. The Balaban J connectivity index is 1.74. The third-order valence-electron chi connectivity index (χ3n) is 4.91. The van der Waals surface area contributed by atoms with E-state index in [9.17, 15) is 9.90 Å². The second kappa shape index (κ2) is 7.62. The average Bonchev–Trinajstić information content (AvgIpc) is 2.95. The number of thiazole rings is 1. The number of benzene rings is 1. The first kappa shape index (κ1) is 17.4. The third-order valence-corrected chi connectivity index (χ3v) is 5.95. The maximum absolute atomic E-state index is 12.3. The number of hydrogen-bond acceptors (Lipinski definition) is 4. The van der Waals surface area contributed by atoms with Gasteiger partial charge in [-0.15, -0.1) is 11.3 Å². The highest BCUT2D eigenvalue weighted by atomic mass is 32.1. The molecule has 1 atom stereocenters. The van der Waals surface area contributed by atoms with Crippen molar-refractivity contribution in [2.45, 2.75) is 58.0 Å². The van der Waals surface area contributed by atoms with E-state index in [1.54, 1.807) is 18.3 Å². The SMILES string of the molecule is CC(O)CNC(=O)CC1(Cc2nc3ccccc3s2)CCCCC1. The molecule has 1 heterocycles. The molecule has 5 heteroatoms. The predicted octanol–water partition coefficient (Wildman–Crippen LogP) is 3.68. The molecule has 0 bridgehead atoms. The maximum Gasteiger partial charge on any atom is 0.220 e. The Bertz CT molecular complexity index is 656.